The maximum absolute atomic E-state index is 13.1. The Bertz CT molecular complexity index is 560. The van der Waals surface area contributed by atoms with E-state index in [4.69, 9.17) is 4.74 Å². The second-order valence-electron chi connectivity index (χ2n) is 3.68. The zero-order valence-electron chi connectivity index (χ0n) is 10.6. The van der Waals surface area contributed by atoms with E-state index in [9.17, 15) is 17.6 Å². The van der Waals surface area contributed by atoms with Crippen LogP contribution in [0.4, 0.5) is 4.39 Å². The smallest absolute Gasteiger partial charge is 0.244 e. The lowest BCUT2D eigenvalue weighted by Crippen LogP contribution is -2.33. The molecule has 0 bridgehead atoms. The number of carbonyl (C=O) groups is 1. The average Bonchev–Trinajstić information content (AvgIpc) is 2.34. The fraction of sp³-hybridized carbons (Fsp3) is 0.364. The fourth-order valence-corrected chi connectivity index (χ4v) is 2.57. The van der Waals surface area contributed by atoms with Crippen molar-refractivity contribution in [1.82, 2.24) is 10.0 Å². The Morgan fingerprint density at radius 3 is 2.63 bits per heavy atom. The largest absolute Gasteiger partial charge is 0.495 e. The second kappa shape index (κ2) is 6.48. The van der Waals surface area contributed by atoms with Gasteiger partial charge in [0.2, 0.25) is 15.9 Å². The zero-order valence-corrected chi connectivity index (χ0v) is 11.4. The highest BCUT2D eigenvalue weighted by molar-refractivity contribution is 7.89. The van der Waals surface area contributed by atoms with Gasteiger partial charge in [-0.3, -0.25) is 4.79 Å². The van der Waals surface area contributed by atoms with Gasteiger partial charge in [-0.1, -0.05) is 0 Å². The van der Waals surface area contributed by atoms with Crippen LogP contribution in [-0.2, 0) is 14.8 Å². The van der Waals surface area contributed by atoms with Gasteiger partial charge in [-0.25, -0.2) is 17.5 Å². The van der Waals surface area contributed by atoms with Gasteiger partial charge in [-0.2, -0.15) is 0 Å². The van der Waals surface area contributed by atoms with Crippen molar-refractivity contribution in [2.75, 3.05) is 20.2 Å². The van der Waals surface area contributed by atoms with Gasteiger partial charge in [-0.05, 0) is 18.2 Å². The van der Waals surface area contributed by atoms with Crippen LogP contribution in [0.15, 0.2) is 23.1 Å². The van der Waals surface area contributed by atoms with E-state index in [2.05, 4.69) is 10.0 Å². The van der Waals surface area contributed by atoms with Crippen molar-refractivity contribution in [3.63, 3.8) is 0 Å². The van der Waals surface area contributed by atoms with Gasteiger partial charge in [0.25, 0.3) is 0 Å². The lowest BCUT2D eigenvalue weighted by molar-refractivity contribution is -0.118. The van der Waals surface area contributed by atoms with Gasteiger partial charge in [0.1, 0.15) is 16.5 Å². The van der Waals surface area contributed by atoms with Gasteiger partial charge in [-0.15, -0.1) is 0 Å². The van der Waals surface area contributed by atoms with E-state index in [1.165, 1.54) is 20.1 Å². The molecule has 0 radical (unpaired) electrons. The number of halogens is 1. The Morgan fingerprint density at radius 1 is 1.37 bits per heavy atom. The maximum atomic E-state index is 13.1. The first-order valence-electron chi connectivity index (χ1n) is 5.44. The minimum absolute atomic E-state index is 0.00157. The van der Waals surface area contributed by atoms with Gasteiger partial charge < -0.3 is 10.1 Å². The van der Waals surface area contributed by atoms with Crippen molar-refractivity contribution in [2.24, 2.45) is 0 Å². The summed E-state index contributed by atoms with van der Waals surface area (Å²) in [4.78, 5) is 10.3. The zero-order chi connectivity index (χ0) is 14.5. The van der Waals surface area contributed by atoms with Crippen LogP contribution in [0.2, 0.25) is 0 Å². The third-order valence-corrected chi connectivity index (χ3v) is 3.69. The summed E-state index contributed by atoms with van der Waals surface area (Å²) in [6, 6.07) is 3.21. The van der Waals surface area contributed by atoms with Crippen LogP contribution in [-0.4, -0.2) is 34.5 Å². The van der Waals surface area contributed by atoms with E-state index in [1.54, 1.807) is 0 Å². The van der Waals surface area contributed by atoms with Gasteiger partial charge in [0.05, 0.1) is 7.11 Å². The molecule has 2 N–H and O–H groups in total. The summed E-state index contributed by atoms with van der Waals surface area (Å²) < 4.78 is 44.1. The minimum Gasteiger partial charge on any atom is -0.495 e. The summed E-state index contributed by atoms with van der Waals surface area (Å²) in [7, 11) is -2.59. The second-order valence-corrected chi connectivity index (χ2v) is 5.41. The number of amides is 1. The maximum Gasteiger partial charge on any atom is 0.244 e. The van der Waals surface area contributed by atoms with Crippen molar-refractivity contribution >= 4 is 15.9 Å². The summed E-state index contributed by atoms with van der Waals surface area (Å²) in [6.07, 6.45) is 0. The molecule has 0 heterocycles. The SMILES string of the molecule is COc1ccc(F)cc1S(=O)(=O)NCCNC(C)=O. The highest BCUT2D eigenvalue weighted by Crippen LogP contribution is 2.23. The number of nitrogens with one attached hydrogen (secondary N) is 2. The molecule has 0 saturated heterocycles. The molecule has 0 aromatic heterocycles. The third-order valence-electron chi connectivity index (χ3n) is 2.21. The molecule has 0 saturated carbocycles. The lowest BCUT2D eigenvalue weighted by Gasteiger charge is -2.10. The Labute approximate surface area is 111 Å². The topological polar surface area (TPSA) is 84.5 Å². The third kappa shape index (κ3) is 4.49. The Balaban J connectivity index is 2.82. The van der Waals surface area contributed by atoms with E-state index >= 15 is 0 Å². The van der Waals surface area contributed by atoms with Gasteiger partial charge >= 0.3 is 0 Å². The molecule has 6 nitrogen and oxygen atoms in total. The summed E-state index contributed by atoms with van der Waals surface area (Å²) in [5.41, 5.74) is 0. The molecular formula is C11H15FN2O4S. The predicted molar refractivity (Wildman–Crippen MR) is 66.8 cm³/mol. The molecule has 0 aliphatic heterocycles. The van der Waals surface area contributed by atoms with Crippen molar-refractivity contribution in [2.45, 2.75) is 11.8 Å². The molecule has 106 valence electrons. The summed E-state index contributed by atoms with van der Waals surface area (Å²) in [5.74, 6) is -0.890. The van der Waals surface area contributed by atoms with Crippen LogP contribution in [0.3, 0.4) is 0 Å². The van der Waals surface area contributed by atoms with Crippen LogP contribution >= 0.6 is 0 Å². The highest BCUT2D eigenvalue weighted by Gasteiger charge is 2.19. The normalized spacial score (nSPS) is 11.1. The molecule has 0 unspecified atom stereocenters. The molecular weight excluding hydrogens is 275 g/mol. The molecule has 0 aliphatic carbocycles. The monoisotopic (exact) mass is 290 g/mol. The van der Waals surface area contributed by atoms with E-state index in [0.29, 0.717) is 0 Å². The number of sulfonamides is 1. The number of hydrogen-bond acceptors (Lipinski definition) is 4. The Kier molecular flexibility index (Phi) is 5.25. The lowest BCUT2D eigenvalue weighted by atomic mass is 10.3. The predicted octanol–water partition coefficient (Wildman–Crippen LogP) is 0.249. The standard InChI is InChI=1S/C11H15FN2O4S/c1-8(15)13-5-6-14-19(16,17)11-7-9(12)3-4-10(11)18-2/h3-4,7,14H,5-6H2,1-2H3,(H,13,15). The first kappa shape index (κ1) is 15.4. The van der Waals surface area contributed by atoms with Gasteiger partial charge in [0.15, 0.2) is 0 Å². The molecule has 1 aromatic carbocycles. The number of hydrogen-bond donors (Lipinski definition) is 2. The molecule has 19 heavy (non-hydrogen) atoms. The molecule has 0 aliphatic rings. The van der Waals surface area contributed by atoms with E-state index in [-0.39, 0.29) is 29.6 Å². The van der Waals surface area contributed by atoms with E-state index in [0.717, 1.165) is 12.1 Å². The molecule has 8 heteroatoms. The van der Waals surface area contributed by atoms with Crippen molar-refractivity contribution < 1.29 is 22.3 Å². The van der Waals surface area contributed by atoms with Crippen LogP contribution in [0.1, 0.15) is 6.92 Å². The first-order chi connectivity index (χ1) is 8.86. The molecule has 1 rings (SSSR count). The summed E-state index contributed by atoms with van der Waals surface area (Å²) in [5, 5.41) is 2.44. The molecule has 0 fully saturated rings. The first-order valence-corrected chi connectivity index (χ1v) is 6.93. The number of carbonyl (C=O) groups excluding carboxylic acids is 1. The summed E-state index contributed by atoms with van der Waals surface area (Å²) >= 11 is 0. The number of benzene rings is 1. The van der Waals surface area contributed by atoms with Crippen molar-refractivity contribution in [3.05, 3.63) is 24.0 Å². The quantitative estimate of drug-likeness (QED) is 0.736. The van der Waals surface area contributed by atoms with Crippen molar-refractivity contribution in [3.8, 4) is 5.75 Å². The number of methoxy groups -OCH3 is 1. The molecule has 0 spiro atoms. The highest BCUT2D eigenvalue weighted by atomic mass is 32.2. The Hall–Kier alpha value is -1.67. The fourth-order valence-electron chi connectivity index (χ4n) is 1.36. The molecule has 1 aromatic rings. The molecule has 0 atom stereocenters. The van der Waals surface area contributed by atoms with Crippen LogP contribution in [0.5, 0.6) is 5.75 Å². The van der Waals surface area contributed by atoms with Crippen LogP contribution < -0.4 is 14.8 Å². The van der Waals surface area contributed by atoms with Crippen LogP contribution in [0.25, 0.3) is 0 Å². The number of rotatable bonds is 6. The summed E-state index contributed by atoms with van der Waals surface area (Å²) in [6.45, 7) is 1.47. The minimum atomic E-state index is -3.89. The number of ether oxygens (including phenoxy) is 1. The van der Waals surface area contributed by atoms with Gasteiger partial charge in [0, 0.05) is 20.0 Å². The van der Waals surface area contributed by atoms with Crippen molar-refractivity contribution in [1.29, 1.82) is 0 Å². The van der Waals surface area contributed by atoms with Crippen LogP contribution in [0, 0.1) is 5.82 Å². The van der Waals surface area contributed by atoms with E-state index < -0.39 is 15.8 Å². The van der Waals surface area contributed by atoms with E-state index in [1.807, 2.05) is 0 Å². The Morgan fingerprint density at radius 2 is 2.05 bits per heavy atom. The average molecular weight is 290 g/mol. The molecule has 1 amide bonds.